The summed E-state index contributed by atoms with van der Waals surface area (Å²) in [5.41, 5.74) is 5.56. The van der Waals surface area contributed by atoms with E-state index in [0.29, 0.717) is 12.4 Å². The van der Waals surface area contributed by atoms with Crippen LogP contribution in [0.2, 0.25) is 0 Å². The molecule has 4 aromatic rings. The van der Waals surface area contributed by atoms with Gasteiger partial charge in [-0.2, -0.15) is 0 Å². The molecule has 6 heteroatoms. The first-order valence-electron chi connectivity index (χ1n) is 10.7. The monoisotopic (exact) mass is 420 g/mol. The molecule has 4 rings (SSSR count). The van der Waals surface area contributed by atoms with Gasteiger partial charge in [0.05, 0.1) is 35.0 Å². The van der Waals surface area contributed by atoms with Gasteiger partial charge in [0.25, 0.3) is 0 Å². The fourth-order valence-corrected chi connectivity index (χ4v) is 3.84. The van der Waals surface area contributed by atoms with Gasteiger partial charge in [-0.05, 0) is 62.8 Å². The van der Waals surface area contributed by atoms with E-state index in [4.69, 9.17) is 9.72 Å². The second-order valence-corrected chi connectivity index (χ2v) is 8.54. The second-order valence-electron chi connectivity index (χ2n) is 8.54. The fraction of sp³-hybridized carbons (Fsp3) is 0.360. The first-order valence-corrected chi connectivity index (χ1v) is 10.7. The van der Waals surface area contributed by atoms with Gasteiger partial charge in [-0.15, -0.1) is 0 Å². The van der Waals surface area contributed by atoms with Crippen LogP contribution in [0, 0.1) is 12.7 Å². The summed E-state index contributed by atoms with van der Waals surface area (Å²) in [5.74, 6) is 1.22. The van der Waals surface area contributed by atoms with E-state index in [2.05, 4.69) is 34.2 Å². The van der Waals surface area contributed by atoms with E-state index in [1.165, 1.54) is 0 Å². The van der Waals surface area contributed by atoms with Gasteiger partial charge >= 0.3 is 0 Å². The van der Waals surface area contributed by atoms with E-state index in [1.807, 2.05) is 45.4 Å². The Morgan fingerprint density at radius 2 is 1.81 bits per heavy atom. The number of benzene rings is 2. The maximum atomic E-state index is 14.7. The van der Waals surface area contributed by atoms with Crippen molar-refractivity contribution in [3.8, 4) is 16.9 Å². The van der Waals surface area contributed by atoms with Gasteiger partial charge in [-0.3, -0.25) is 9.38 Å². The molecule has 0 unspecified atom stereocenters. The van der Waals surface area contributed by atoms with Crippen LogP contribution < -0.4 is 4.74 Å². The van der Waals surface area contributed by atoms with Gasteiger partial charge in [0.15, 0.2) is 11.6 Å². The van der Waals surface area contributed by atoms with Gasteiger partial charge in [0.1, 0.15) is 5.82 Å². The summed E-state index contributed by atoms with van der Waals surface area (Å²) in [5, 5.41) is 0. The van der Waals surface area contributed by atoms with E-state index in [0.717, 1.165) is 52.2 Å². The Morgan fingerprint density at radius 3 is 2.52 bits per heavy atom. The molecule has 0 N–H and O–H groups in total. The van der Waals surface area contributed by atoms with Crippen molar-refractivity contribution >= 4 is 16.6 Å². The minimum Gasteiger partial charge on any atom is -0.490 e. The van der Waals surface area contributed by atoms with Crippen LogP contribution in [0.1, 0.15) is 37.7 Å². The van der Waals surface area contributed by atoms with Gasteiger partial charge in [-0.1, -0.05) is 26.0 Å². The van der Waals surface area contributed by atoms with Gasteiger partial charge in [-0.25, -0.2) is 9.37 Å². The van der Waals surface area contributed by atoms with Crippen molar-refractivity contribution in [2.45, 2.75) is 33.1 Å². The molecular weight excluding hydrogens is 391 g/mol. The Kier molecular flexibility index (Phi) is 5.92. The summed E-state index contributed by atoms with van der Waals surface area (Å²) in [6.45, 7) is 7.68. The summed E-state index contributed by atoms with van der Waals surface area (Å²) < 4.78 is 22.5. The molecule has 0 amide bonds. The molecule has 0 spiro atoms. The van der Waals surface area contributed by atoms with Crippen LogP contribution in [0.3, 0.4) is 0 Å². The summed E-state index contributed by atoms with van der Waals surface area (Å²) in [6, 6.07) is 11.2. The average molecular weight is 421 g/mol. The molecule has 5 nitrogen and oxygen atoms in total. The second kappa shape index (κ2) is 8.63. The van der Waals surface area contributed by atoms with Crippen molar-refractivity contribution in [3.05, 3.63) is 59.9 Å². The first kappa shape index (κ1) is 21.2. The quantitative estimate of drug-likeness (QED) is 0.373. The highest BCUT2D eigenvalue weighted by Gasteiger charge is 2.15. The summed E-state index contributed by atoms with van der Waals surface area (Å²) in [4.78, 5) is 11.4. The number of aryl methyl sites for hydroxylation is 1. The molecule has 0 aliphatic carbocycles. The third-order valence-corrected chi connectivity index (χ3v) is 5.45. The highest BCUT2D eigenvalue weighted by Crippen LogP contribution is 2.30. The van der Waals surface area contributed by atoms with Crippen molar-refractivity contribution in [1.29, 1.82) is 0 Å². The lowest BCUT2D eigenvalue weighted by atomic mass is 10.0. The lowest BCUT2D eigenvalue weighted by Crippen LogP contribution is -2.15. The molecule has 31 heavy (non-hydrogen) atoms. The molecule has 0 radical (unpaired) electrons. The lowest BCUT2D eigenvalue weighted by Gasteiger charge is -2.12. The normalized spacial score (nSPS) is 11.9. The van der Waals surface area contributed by atoms with Crippen molar-refractivity contribution < 1.29 is 9.13 Å². The van der Waals surface area contributed by atoms with E-state index >= 15 is 0 Å². The molecule has 0 atom stereocenters. The van der Waals surface area contributed by atoms with Gasteiger partial charge in [0, 0.05) is 12.5 Å². The van der Waals surface area contributed by atoms with Crippen molar-refractivity contribution in [2.24, 2.45) is 0 Å². The maximum absolute atomic E-state index is 14.7. The lowest BCUT2D eigenvalue weighted by molar-refractivity contribution is 0.271. The van der Waals surface area contributed by atoms with Crippen LogP contribution in [0.15, 0.2) is 42.6 Å². The highest BCUT2D eigenvalue weighted by atomic mass is 19.1. The smallest absolute Gasteiger partial charge is 0.165 e. The van der Waals surface area contributed by atoms with E-state index in [9.17, 15) is 4.39 Å². The van der Waals surface area contributed by atoms with Crippen molar-refractivity contribution in [1.82, 2.24) is 19.3 Å². The first-order chi connectivity index (χ1) is 14.8. The Bertz CT molecular complexity index is 1230. The van der Waals surface area contributed by atoms with E-state index < -0.39 is 0 Å². The molecule has 0 bridgehead atoms. The number of nitrogens with zero attached hydrogens (tertiary/aromatic N) is 4. The van der Waals surface area contributed by atoms with E-state index in [-0.39, 0.29) is 11.7 Å². The van der Waals surface area contributed by atoms with Crippen LogP contribution in [0.4, 0.5) is 4.39 Å². The average Bonchev–Trinajstić information content (AvgIpc) is 3.09. The molecule has 2 aromatic heterocycles. The zero-order valence-corrected chi connectivity index (χ0v) is 18.8. The number of rotatable bonds is 7. The predicted molar refractivity (Wildman–Crippen MR) is 123 cm³/mol. The van der Waals surface area contributed by atoms with Crippen LogP contribution in [0.25, 0.3) is 27.7 Å². The Balaban J connectivity index is 1.70. The van der Waals surface area contributed by atoms with Crippen LogP contribution >= 0.6 is 0 Å². The van der Waals surface area contributed by atoms with Crippen LogP contribution in [-0.4, -0.2) is 46.5 Å². The standard InChI is InChI=1S/C25H29FN4O/c1-16(2)25-28-17(3)23-15-27-21-9-7-19(14-22(21)30(23)25)18-8-10-24(20(26)13-18)31-12-6-11-29(4)5/h7-10,13-16H,6,11-12H2,1-5H3. The largest absolute Gasteiger partial charge is 0.490 e. The molecule has 2 aromatic carbocycles. The third kappa shape index (κ3) is 4.26. The van der Waals surface area contributed by atoms with E-state index in [1.54, 1.807) is 12.1 Å². The molecule has 0 saturated carbocycles. The van der Waals surface area contributed by atoms with Crippen LogP contribution in [0.5, 0.6) is 5.75 Å². The SMILES string of the molecule is Cc1nc(C(C)C)n2c1cnc1ccc(-c3ccc(OCCCN(C)C)c(F)c3)cc12. The molecule has 0 saturated heterocycles. The molecule has 2 heterocycles. The number of aromatic nitrogens is 3. The van der Waals surface area contributed by atoms with Crippen LogP contribution in [-0.2, 0) is 0 Å². The molecular formula is C25H29FN4O. The number of halogens is 1. The zero-order valence-electron chi connectivity index (χ0n) is 18.8. The number of fused-ring (bicyclic) bond motifs is 3. The van der Waals surface area contributed by atoms with Crippen molar-refractivity contribution in [3.63, 3.8) is 0 Å². The van der Waals surface area contributed by atoms with Gasteiger partial charge in [0.2, 0.25) is 0 Å². The number of ether oxygens (including phenoxy) is 1. The minimum absolute atomic E-state index is 0.275. The number of hydrogen-bond acceptors (Lipinski definition) is 4. The maximum Gasteiger partial charge on any atom is 0.165 e. The highest BCUT2D eigenvalue weighted by molar-refractivity contribution is 5.84. The van der Waals surface area contributed by atoms with Crippen molar-refractivity contribution in [2.75, 3.05) is 27.2 Å². The molecule has 0 aliphatic heterocycles. The molecule has 0 aliphatic rings. The fourth-order valence-electron chi connectivity index (χ4n) is 3.84. The zero-order chi connectivity index (χ0) is 22.1. The topological polar surface area (TPSA) is 42.7 Å². The Hall–Kier alpha value is -2.99. The molecule has 162 valence electrons. The minimum atomic E-state index is -0.347. The number of hydrogen-bond donors (Lipinski definition) is 0. The Labute approximate surface area is 182 Å². The number of imidazole rings is 1. The molecule has 0 fully saturated rings. The summed E-state index contributed by atoms with van der Waals surface area (Å²) >= 11 is 0. The Morgan fingerprint density at radius 1 is 1.06 bits per heavy atom. The predicted octanol–water partition coefficient (Wildman–Crippen LogP) is 5.45. The summed E-state index contributed by atoms with van der Waals surface area (Å²) in [6.07, 6.45) is 2.72. The summed E-state index contributed by atoms with van der Waals surface area (Å²) in [7, 11) is 4.02. The van der Waals surface area contributed by atoms with Gasteiger partial charge < -0.3 is 9.64 Å². The third-order valence-electron chi connectivity index (χ3n) is 5.45.